The number of benzene rings is 2. The lowest BCUT2D eigenvalue weighted by Crippen LogP contribution is -2.35. The lowest BCUT2D eigenvalue weighted by molar-refractivity contribution is -0.137. The van der Waals surface area contributed by atoms with E-state index < -0.39 is 5.91 Å². The second-order valence-electron chi connectivity index (χ2n) is 7.05. The number of methoxy groups -OCH3 is 2. The molecule has 0 unspecified atom stereocenters. The van der Waals surface area contributed by atoms with Crippen LogP contribution in [0.2, 0.25) is 0 Å². The number of imide groups is 1. The highest BCUT2D eigenvalue weighted by atomic mass is 16.5. The second kappa shape index (κ2) is 9.45. The van der Waals surface area contributed by atoms with E-state index in [-0.39, 0.29) is 30.9 Å². The van der Waals surface area contributed by atoms with E-state index in [2.05, 4.69) is 5.32 Å². The van der Waals surface area contributed by atoms with Crippen molar-refractivity contribution in [1.82, 2.24) is 4.90 Å². The zero-order valence-corrected chi connectivity index (χ0v) is 17.6. The predicted molar refractivity (Wildman–Crippen MR) is 114 cm³/mol. The standard InChI is InChI=1S/C23H26N2O5/c1-15(2)30-18-10-8-16(9-11-18)20-21(23(27)25(22(20)26)12-13-28-3)24-17-6-5-7-19(14-17)29-4/h5-11,14-15,24H,12-13H2,1-4H3. The first-order chi connectivity index (χ1) is 14.4. The average Bonchev–Trinajstić information content (AvgIpc) is 2.96. The predicted octanol–water partition coefficient (Wildman–Crippen LogP) is 3.32. The Hall–Kier alpha value is -3.32. The quantitative estimate of drug-likeness (QED) is 0.639. The van der Waals surface area contributed by atoms with E-state index in [1.165, 1.54) is 12.0 Å². The Labute approximate surface area is 176 Å². The molecule has 0 aromatic heterocycles. The number of rotatable bonds is 9. The Bertz CT molecular complexity index is 950. The molecule has 1 aliphatic heterocycles. The number of anilines is 1. The van der Waals surface area contributed by atoms with Crippen molar-refractivity contribution < 1.29 is 23.8 Å². The Morgan fingerprint density at radius 1 is 0.967 bits per heavy atom. The molecular weight excluding hydrogens is 384 g/mol. The summed E-state index contributed by atoms with van der Waals surface area (Å²) in [5.41, 5.74) is 1.82. The molecule has 3 rings (SSSR count). The first-order valence-corrected chi connectivity index (χ1v) is 9.72. The summed E-state index contributed by atoms with van der Waals surface area (Å²) in [6.45, 7) is 4.33. The van der Waals surface area contributed by atoms with Crippen LogP contribution in [0.25, 0.3) is 5.57 Å². The van der Waals surface area contributed by atoms with Gasteiger partial charge in [0, 0.05) is 18.9 Å². The number of nitrogens with zero attached hydrogens (tertiary/aromatic N) is 1. The van der Waals surface area contributed by atoms with Crippen molar-refractivity contribution in [2.24, 2.45) is 0 Å². The minimum atomic E-state index is -0.391. The SMILES string of the molecule is COCCN1C(=O)C(Nc2cccc(OC)c2)=C(c2ccc(OC(C)C)cc2)C1=O. The van der Waals surface area contributed by atoms with Gasteiger partial charge >= 0.3 is 0 Å². The summed E-state index contributed by atoms with van der Waals surface area (Å²) in [6.07, 6.45) is 0.0413. The van der Waals surface area contributed by atoms with Gasteiger partial charge in [-0.15, -0.1) is 0 Å². The number of amides is 2. The van der Waals surface area contributed by atoms with E-state index in [0.29, 0.717) is 28.3 Å². The second-order valence-corrected chi connectivity index (χ2v) is 7.05. The monoisotopic (exact) mass is 410 g/mol. The van der Waals surface area contributed by atoms with E-state index in [4.69, 9.17) is 14.2 Å². The molecule has 1 N–H and O–H groups in total. The van der Waals surface area contributed by atoms with Gasteiger partial charge in [0.05, 0.1) is 31.9 Å². The van der Waals surface area contributed by atoms with Gasteiger partial charge < -0.3 is 19.5 Å². The van der Waals surface area contributed by atoms with Gasteiger partial charge in [0.15, 0.2) is 0 Å². The number of nitrogens with one attached hydrogen (secondary N) is 1. The Kier molecular flexibility index (Phi) is 6.74. The van der Waals surface area contributed by atoms with Gasteiger partial charge in [-0.2, -0.15) is 0 Å². The van der Waals surface area contributed by atoms with Gasteiger partial charge in [-0.3, -0.25) is 14.5 Å². The Morgan fingerprint density at radius 3 is 2.33 bits per heavy atom. The number of carbonyl (C=O) groups is 2. The van der Waals surface area contributed by atoms with Crippen LogP contribution in [0, 0.1) is 0 Å². The number of carbonyl (C=O) groups excluding carboxylic acids is 2. The molecule has 0 atom stereocenters. The lowest BCUT2D eigenvalue weighted by atomic mass is 10.0. The molecule has 0 radical (unpaired) electrons. The third-order valence-corrected chi connectivity index (χ3v) is 4.54. The maximum Gasteiger partial charge on any atom is 0.278 e. The smallest absolute Gasteiger partial charge is 0.278 e. The minimum absolute atomic E-state index is 0.0413. The average molecular weight is 410 g/mol. The van der Waals surface area contributed by atoms with E-state index in [0.717, 1.165) is 0 Å². The molecule has 2 aromatic carbocycles. The fourth-order valence-corrected chi connectivity index (χ4v) is 3.16. The first-order valence-electron chi connectivity index (χ1n) is 9.72. The van der Waals surface area contributed by atoms with Crippen LogP contribution in [0.15, 0.2) is 54.2 Å². The Balaban J connectivity index is 1.99. The summed E-state index contributed by atoms with van der Waals surface area (Å²) in [7, 11) is 3.10. The summed E-state index contributed by atoms with van der Waals surface area (Å²) >= 11 is 0. The van der Waals surface area contributed by atoms with Gasteiger partial charge in [-0.05, 0) is 43.7 Å². The third kappa shape index (κ3) is 4.63. The number of hydrogen-bond donors (Lipinski definition) is 1. The fourth-order valence-electron chi connectivity index (χ4n) is 3.16. The largest absolute Gasteiger partial charge is 0.497 e. The molecular formula is C23H26N2O5. The van der Waals surface area contributed by atoms with Crippen LogP contribution in [0.3, 0.4) is 0 Å². The van der Waals surface area contributed by atoms with Crippen LogP contribution < -0.4 is 14.8 Å². The molecule has 30 heavy (non-hydrogen) atoms. The molecule has 1 heterocycles. The molecule has 7 nitrogen and oxygen atoms in total. The molecule has 0 spiro atoms. The van der Waals surface area contributed by atoms with Gasteiger partial charge in [0.25, 0.3) is 11.8 Å². The number of ether oxygens (including phenoxy) is 3. The molecule has 0 saturated carbocycles. The van der Waals surface area contributed by atoms with Crippen LogP contribution in [-0.4, -0.2) is 50.2 Å². The summed E-state index contributed by atoms with van der Waals surface area (Å²) in [4.78, 5) is 27.3. The minimum Gasteiger partial charge on any atom is -0.497 e. The maximum absolute atomic E-state index is 13.1. The summed E-state index contributed by atoms with van der Waals surface area (Å²) in [6, 6.07) is 14.3. The van der Waals surface area contributed by atoms with Gasteiger partial charge in [0.1, 0.15) is 17.2 Å². The van der Waals surface area contributed by atoms with Crippen LogP contribution in [0.1, 0.15) is 19.4 Å². The molecule has 2 aromatic rings. The van der Waals surface area contributed by atoms with Crippen molar-refractivity contribution in [3.05, 3.63) is 59.8 Å². The van der Waals surface area contributed by atoms with Crippen LogP contribution in [-0.2, 0) is 14.3 Å². The zero-order chi connectivity index (χ0) is 21.7. The van der Waals surface area contributed by atoms with E-state index in [9.17, 15) is 9.59 Å². The van der Waals surface area contributed by atoms with Crippen molar-refractivity contribution in [1.29, 1.82) is 0 Å². The lowest BCUT2D eigenvalue weighted by Gasteiger charge is -2.14. The number of hydrogen-bond acceptors (Lipinski definition) is 6. The van der Waals surface area contributed by atoms with Crippen LogP contribution in [0.4, 0.5) is 5.69 Å². The summed E-state index contributed by atoms with van der Waals surface area (Å²) in [5.74, 6) is 0.590. The third-order valence-electron chi connectivity index (χ3n) is 4.54. The zero-order valence-electron chi connectivity index (χ0n) is 17.6. The normalized spacial score (nSPS) is 14.0. The molecule has 0 saturated heterocycles. The molecule has 158 valence electrons. The van der Waals surface area contributed by atoms with Gasteiger partial charge in [-0.25, -0.2) is 0 Å². The van der Waals surface area contributed by atoms with Crippen molar-refractivity contribution in [3.63, 3.8) is 0 Å². The van der Waals surface area contributed by atoms with Crippen molar-refractivity contribution in [2.45, 2.75) is 20.0 Å². The maximum atomic E-state index is 13.1. The highest BCUT2D eigenvalue weighted by Gasteiger charge is 2.39. The highest BCUT2D eigenvalue weighted by molar-refractivity contribution is 6.36. The topological polar surface area (TPSA) is 77.1 Å². The molecule has 0 aliphatic carbocycles. The van der Waals surface area contributed by atoms with Gasteiger partial charge in [-0.1, -0.05) is 18.2 Å². The van der Waals surface area contributed by atoms with Crippen LogP contribution in [0.5, 0.6) is 11.5 Å². The molecule has 2 amide bonds. The van der Waals surface area contributed by atoms with Crippen molar-refractivity contribution in [3.8, 4) is 11.5 Å². The molecule has 1 aliphatic rings. The van der Waals surface area contributed by atoms with Crippen molar-refractivity contribution in [2.75, 3.05) is 32.7 Å². The molecule has 0 bridgehead atoms. The van der Waals surface area contributed by atoms with Crippen LogP contribution >= 0.6 is 0 Å². The van der Waals surface area contributed by atoms with E-state index in [1.54, 1.807) is 43.5 Å². The van der Waals surface area contributed by atoms with Crippen molar-refractivity contribution >= 4 is 23.1 Å². The summed E-state index contributed by atoms with van der Waals surface area (Å²) in [5, 5.41) is 3.11. The molecule has 7 heteroatoms. The highest BCUT2D eigenvalue weighted by Crippen LogP contribution is 2.32. The van der Waals surface area contributed by atoms with E-state index >= 15 is 0 Å². The van der Waals surface area contributed by atoms with Gasteiger partial charge in [0.2, 0.25) is 0 Å². The van der Waals surface area contributed by atoms with E-state index in [1.807, 2.05) is 26.0 Å². The fraction of sp³-hybridized carbons (Fsp3) is 0.304. The first kappa shape index (κ1) is 21.4. The summed E-state index contributed by atoms with van der Waals surface area (Å²) < 4.78 is 16.0. The molecule has 0 fully saturated rings. The Morgan fingerprint density at radius 2 is 1.70 bits per heavy atom.